The van der Waals surface area contributed by atoms with E-state index < -0.39 is 5.97 Å². The molecule has 1 heterocycles. The number of carboxylic acids is 1. The van der Waals surface area contributed by atoms with E-state index in [-0.39, 0.29) is 0 Å². The standard InChI is InChI=1S/C19H19NO3/c1-3-20-13(2)18(19(21)22)16-11-15(9-10-17(16)20)23-12-14-7-5-4-6-8-14/h4-11H,3,12H2,1-2H3,(H,21,22). The number of aromatic carboxylic acids is 1. The van der Waals surface area contributed by atoms with Gasteiger partial charge in [-0.05, 0) is 37.6 Å². The van der Waals surface area contributed by atoms with Crippen LogP contribution in [0.4, 0.5) is 0 Å². The van der Waals surface area contributed by atoms with Gasteiger partial charge in [0.05, 0.1) is 5.56 Å². The maximum absolute atomic E-state index is 11.6. The SMILES string of the molecule is CCn1c(C)c(C(=O)O)c2cc(OCc3ccccc3)ccc21. The summed E-state index contributed by atoms with van der Waals surface area (Å²) in [5.41, 5.74) is 3.13. The van der Waals surface area contributed by atoms with Crippen LogP contribution in [0.15, 0.2) is 48.5 Å². The molecule has 2 aromatic carbocycles. The van der Waals surface area contributed by atoms with Gasteiger partial charge in [-0.1, -0.05) is 30.3 Å². The van der Waals surface area contributed by atoms with Crippen LogP contribution in [-0.2, 0) is 13.2 Å². The molecule has 0 aliphatic rings. The number of nitrogens with zero attached hydrogens (tertiary/aromatic N) is 1. The van der Waals surface area contributed by atoms with Crippen molar-refractivity contribution in [2.24, 2.45) is 0 Å². The fourth-order valence-corrected chi connectivity index (χ4v) is 2.97. The molecule has 0 saturated heterocycles. The Bertz CT molecular complexity index is 850. The van der Waals surface area contributed by atoms with Crippen molar-refractivity contribution in [2.45, 2.75) is 27.0 Å². The molecule has 0 atom stereocenters. The highest BCUT2D eigenvalue weighted by Crippen LogP contribution is 2.29. The highest BCUT2D eigenvalue weighted by Gasteiger charge is 2.19. The molecule has 0 spiro atoms. The summed E-state index contributed by atoms with van der Waals surface area (Å²) in [6.45, 7) is 5.05. The van der Waals surface area contributed by atoms with Crippen LogP contribution in [0.3, 0.4) is 0 Å². The Balaban J connectivity index is 1.98. The lowest BCUT2D eigenvalue weighted by molar-refractivity contribution is 0.0698. The van der Waals surface area contributed by atoms with E-state index in [4.69, 9.17) is 4.74 Å². The van der Waals surface area contributed by atoms with Gasteiger partial charge in [0.15, 0.2) is 0 Å². The first-order valence-corrected chi connectivity index (χ1v) is 7.64. The molecule has 3 aromatic rings. The Morgan fingerprint density at radius 3 is 2.57 bits per heavy atom. The Morgan fingerprint density at radius 2 is 1.91 bits per heavy atom. The third kappa shape index (κ3) is 2.80. The molecule has 0 aliphatic heterocycles. The molecule has 0 aliphatic carbocycles. The van der Waals surface area contributed by atoms with Gasteiger partial charge in [0.2, 0.25) is 0 Å². The highest BCUT2D eigenvalue weighted by molar-refractivity contribution is 6.05. The molecule has 3 rings (SSSR count). The minimum absolute atomic E-state index is 0.354. The summed E-state index contributed by atoms with van der Waals surface area (Å²) < 4.78 is 7.83. The van der Waals surface area contributed by atoms with Crippen LogP contribution in [0.25, 0.3) is 10.9 Å². The Morgan fingerprint density at radius 1 is 1.17 bits per heavy atom. The molecule has 4 nitrogen and oxygen atoms in total. The Labute approximate surface area is 134 Å². The Kier molecular flexibility index (Phi) is 4.06. The third-order valence-electron chi connectivity index (χ3n) is 4.07. The van der Waals surface area contributed by atoms with Crippen LogP contribution in [0.2, 0.25) is 0 Å². The number of benzene rings is 2. The molecule has 0 amide bonds. The van der Waals surface area contributed by atoms with Crippen LogP contribution in [0.1, 0.15) is 28.5 Å². The maximum atomic E-state index is 11.6. The van der Waals surface area contributed by atoms with Gasteiger partial charge in [0, 0.05) is 23.1 Å². The van der Waals surface area contributed by atoms with E-state index in [0.717, 1.165) is 28.7 Å². The van der Waals surface area contributed by atoms with Crippen molar-refractivity contribution >= 4 is 16.9 Å². The molecule has 0 saturated carbocycles. The predicted octanol–water partition coefficient (Wildman–Crippen LogP) is 4.25. The van der Waals surface area contributed by atoms with Crippen LogP contribution in [0, 0.1) is 6.92 Å². The van der Waals surface area contributed by atoms with Crippen LogP contribution < -0.4 is 4.74 Å². The van der Waals surface area contributed by atoms with Gasteiger partial charge in [-0.3, -0.25) is 0 Å². The van der Waals surface area contributed by atoms with Gasteiger partial charge in [-0.2, -0.15) is 0 Å². The first kappa shape index (κ1) is 15.2. The summed E-state index contributed by atoms with van der Waals surface area (Å²) in [7, 11) is 0. The molecular formula is C19H19NO3. The minimum Gasteiger partial charge on any atom is -0.489 e. The van der Waals surface area contributed by atoms with Crippen LogP contribution >= 0.6 is 0 Å². The summed E-state index contributed by atoms with van der Waals surface area (Å²) in [4.78, 5) is 11.6. The van der Waals surface area contributed by atoms with Gasteiger partial charge < -0.3 is 14.4 Å². The van der Waals surface area contributed by atoms with Gasteiger partial charge in [-0.25, -0.2) is 4.79 Å². The summed E-state index contributed by atoms with van der Waals surface area (Å²) in [5.74, 6) is -0.225. The topological polar surface area (TPSA) is 51.5 Å². The second-order valence-electron chi connectivity index (χ2n) is 5.46. The minimum atomic E-state index is -0.903. The lowest BCUT2D eigenvalue weighted by Crippen LogP contribution is -2.01. The molecular weight excluding hydrogens is 290 g/mol. The molecule has 4 heteroatoms. The average molecular weight is 309 g/mol. The first-order valence-electron chi connectivity index (χ1n) is 7.64. The molecule has 1 N–H and O–H groups in total. The van der Waals surface area contributed by atoms with E-state index in [1.165, 1.54) is 0 Å². The predicted molar refractivity (Wildman–Crippen MR) is 90.1 cm³/mol. The molecule has 118 valence electrons. The molecule has 23 heavy (non-hydrogen) atoms. The van der Waals surface area contributed by atoms with E-state index >= 15 is 0 Å². The largest absolute Gasteiger partial charge is 0.489 e. The van der Waals surface area contributed by atoms with Crippen molar-refractivity contribution in [1.82, 2.24) is 4.57 Å². The fourth-order valence-electron chi connectivity index (χ4n) is 2.97. The van der Waals surface area contributed by atoms with Crippen molar-refractivity contribution in [2.75, 3.05) is 0 Å². The number of hydrogen-bond donors (Lipinski definition) is 1. The monoisotopic (exact) mass is 309 g/mol. The molecule has 0 unspecified atom stereocenters. The van der Waals surface area contributed by atoms with E-state index in [2.05, 4.69) is 0 Å². The molecule has 0 radical (unpaired) electrons. The van der Waals surface area contributed by atoms with Crippen molar-refractivity contribution in [3.8, 4) is 5.75 Å². The summed E-state index contributed by atoms with van der Waals surface area (Å²) in [6.07, 6.45) is 0. The third-order valence-corrected chi connectivity index (χ3v) is 4.07. The van der Waals surface area contributed by atoms with E-state index in [1.807, 2.05) is 66.9 Å². The number of fused-ring (bicyclic) bond motifs is 1. The van der Waals surface area contributed by atoms with Crippen molar-refractivity contribution in [1.29, 1.82) is 0 Å². The fraction of sp³-hybridized carbons (Fsp3) is 0.211. The summed E-state index contributed by atoms with van der Waals surface area (Å²) in [5, 5.41) is 10.2. The van der Waals surface area contributed by atoms with Crippen molar-refractivity contribution in [3.05, 3.63) is 65.4 Å². The van der Waals surface area contributed by atoms with Crippen LogP contribution in [0.5, 0.6) is 5.75 Å². The number of aromatic nitrogens is 1. The van der Waals surface area contributed by atoms with Gasteiger partial charge >= 0.3 is 5.97 Å². The summed E-state index contributed by atoms with van der Waals surface area (Å²) in [6, 6.07) is 15.5. The maximum Gasteiger partial charge on any atom is 0.338 e. The number of carbonyl (C=O) groups is 1. The van der Waals surface area contributed by atoms with Crippen molar-refractivity contribution in [3.63, 3.8) is 0 Å². The van der Waals surface area contributed by atoms with E-state index in [9.17, 15) is 9.90 Å². The zero-order valence-corrected chi connectivity index (χ0v) is 13.2. The second-order valence-corrected chi connectivity index (χ2v) is 5.46. The van der Waals surface area contributed by atoms with Crippen LogP contribution in [-0.4, -0.2) is 15.6 Å². The number of aryl methyl sites for hydroxylation is 1. The highest BCUT2D eigenvalue weighted by atomic mass is 16.5. The Hall–Kier alpha value is -2.75. The van der Waals surface area contributed by atoms with E-state index in [0.29, 0.717) is 17.9 Å². The lowest BCUT2D eigenvalue weighted by atomic mass is 10.1. The van der Waals surface area contributed by atoms with Gasteiger partial charge in [0.25, 0.3) is 0 Å². The number of ether oxygens (including phenoxy) is 1. The molecule has 1 aromatic heterocycles. The zero-order valence-electron chi connectivity index (χ0n) is 13.2. The lowest BCUT2D eigenvalue weighted by Gasteiger charge is -2.07. The first-order chi connectivity index (χ1) is 11.1. The molecule has 0 fully saturated rings. The average Bonchev–Trinajstić information content (AvgIpc) is 2.84. The van der Waals surface area contributed by atoms with Crippen molar-refractivity contribution < 1.29 is 14.6 Å². The smallest absolute Gasteiger partial charge is 0.338 e. The zero-order chi connectivity index (χ0) is 16.4. The number of rotatable bonds is 5. The summed E-state index contributed by atoms with van der Waals surface area (Å²) >= 11 is 0. The van der Waals surface area contributed by atoms with Gasteiger partial charge in [0.1, 0.15) is 12.4 Å². The van der Waals surface area contributed by atoms with Gasteiger partial charge in [-0.15, -0.1) is 0 Å². The quantitative estimate of drug-likeness (QED) is 0.766. The number of carboxylic acid groups (broad SMARTS) is 1. The molecule has 0 bridgehead atoms. The van der Waals surface area contributed by atoms with E-state index in [1.54, 1.807) is 0 Å². The normalized spacial score (nSPS) is 10.9. The number of hydrogen-bond acceptors (Lipinski definition) is 2. The second kappa shape index (κ2) is 6.16.